The minimum absolute atomic E-state index is 0.231. The average Bonchev–Trinajstić information content (AvgIpc) is 2.78. The van der Waals surface area contributed by atoms with E-state index in [0.29, 0.717) is 0 Å². The Morgan fingerprint density at radius 3 is 2.36 bits per heavy atom. The first kappa shape index (κ1) is 9.17. The van der Waals surface area contributed by atoms with E-state index in [1.54, 1.807) is 0 Å². The highest BCUT2D eigenvalue weighted by Crippen LogP contribution is 2.58. The van der Waals surface area contributed by atoms with Crippen LogP contribution in [-0.2, 0) is 4.74 Å². The van der Waals surface area contributed by atoms with Crippen molar-refractivity contribution in [3.8, 4) is 0 Å². The van der Waals surface area contributed by atoms with E-state index in [4.69, 9.17) is 10.5 Å². The van der Waals surface area contributed by atoms with Gasteiger partial charge in [0.1, 0.15) is 0 Å². The van der Waals surface area contributed by atoms with Gasteiger partial charge in [-0.1, -0.05) is 19.3 Å². The standard InChI is InChI=1S/C12H21NO/c13-12(10-4-6-14-7-5-10)8-11(12)9-2-1-3-9/h9-11H,1-8,13H2. The van der Waals surface area contributed by atoms with Crippen LogP contribution in [0.2, 0.25) is 0 Å². The molecule has 1 aliphatic heterocycles. The third-order valence-electron chi connectivity index (χ3n) is 4.80. The molecule has 2 aliphatic carbocycles. The van der Waals surface area contributed by atoms with Gasteiger partial charge in [-0.25, -0.2) is 0 Å². The van der Waals surface area contributed by atoms with Crippen molar-refractivity contribution in [1.82, 2.24) is 0 Å². The molecule has 3 fully saturated rings. The Morgan fingerprint density at radius 2 is 1.79 bits per heavy atom. The molecule has 0 radical (unpaired) electrons. The Morgan fingerprint density at radius 1 is 1.07 bits per heavy atom. The maximum atomic E-state index is 6.52. The maximum Gasteiger partial charge on any atom is 0.0469 e. The molecule has 3 aliphatic rings. The van der Waals surface area contributed by atoms with Crippen LogP contribution in [0.4, 0.5) is 0 Å². The first-order chi connectivity index (χ1) is 6.81. The summed E-state index contributed by atoms with van der Waals surface area (Å²) in [5.41, 5.74) is 6.75. The fourth-order valence-corrected chi connectivity index (χ4v) is 3.47. The molecule has 0 spiro atoms. The fourth-order valence-electron chi connectivity index (χ4n) is 3.47. The summed E-state index contributed by atoms with van der Waals surface area (Å²) in [7, 11) is 0. The number of hydrogen-bond donors (Lipinski definition) is 1. The number of nitrogens with two attached hydrogens (primary N) is 1. The van der Waals surface area contributed by atoms with Crippen LogP contribution in [0.3, 0.4) is 0 Å². The summed E-state index contributed by atoms with van der Waals surface area (Å²) in [6.07, 6.45) is 8.08. The molecule has 3 rings (SSSR count). The molecular weight excluding hydrogens is 174 g/mol. The summed E-state index contributed by atoms with van der Waals surface area (Å²) in [4.78, 5) is 0. The van der Waals surface area contributed by atoms with Crippen molar-refractivity contribution in [3.63, 3.8) is 0 Å². The Labute approximate surface area is 86.2 Å². The van der Waals surface area contributed by atoms with Crippen LogP contribution in [0.5, 0.6) is 0 Å². The Kier molecular flexibility index (Phi) is 2.10. The molecule has 0 aromatic heterocycles. The Balaban J connectivity index is 1.61. The van der Waals surface area contributed by atoms with Gasteiger partial charge < -0.3 is 10.5 Å². The van der Waals surface area contributed by atoms with Crippen molar-refractivity contribution in [1.29, 1.82) is 0 Å². The van der Waals surface area contributed by atoms with Crippen LogP contribution in [0.25, 0.3) is 0 Å². The van der Waals surface area contributed by atoms with Crippen molar-refractivity contribution in [3.05, 3.63) is 0 Å². The van der Waals surface area contributed by atoms with Crippen LogP contribution in [0, 0.1) is 17.8 Å². The van der Waals surface area contributed by atoms with E-state index < -0.39 is 0 Å². The van der Waals surface area contributed by atoms with Crippen LogP contribution in [0.15, 0.2) is 0 Å². The highest BCUT2D eigenvalue weighted by molar-refractivity contribution is 5.14. The van der Waals surface area contributed by atoms with E-state index in [9.17, 15) is 0 Å². The van der Waals surface area contributed by atoms with Gasteiger partial charge in [0.15, 0.2) is 0 Å². The summed E-state index contributed by atoms with van der Waals surface area (Å²) < 4.78 is 5.40. The summed E-state index contributed by atoms with van der Waals surface area (Å²) in [6, 6.07) is 0. The maximum absolute atomic E-state index is 6.52. The van der Waals surface area contributed by atoms with Crippen LogP contribution in [0.1, 0.15) is 38.5 Å². The third kappa shape index (κ3) is 1.31. The number of hydrogen-bond acceptors (Lipinski definition) is 2. The molecule has 2 heteroatoms. The number of rotatable bonds is 2. The van der Waals surface area contributed by atoms with Crippen molar-refractivity contribution >= 4 is 0 Å². The summed E-state index contributed by atoms with van der Waals surface area (Å²) in [5.74, 6) is 2.63. The lowest BCUT2D eigenvalue weighted by Gasteiger charge is -2.33. The molecule has 2 unspecified atom stereocenters. The molecule has 1 saturated heterocycles. The van der Waals surface area contributed by atoms with Crippen LogP contribution in [-0.4, -0.2) is 18.8 Å². The lowest BCUT2D eigenvalue weighted by atomic mass is 9.77. The quantitative estimate of drug-likeness (QED) is 0.730. The molecule has 0 amide bonds. The Hall–Kier alpha value is -0.0800. The topological polar surface area (TPSA) is 35.2 Å². The average molecular weight is 195 g/mol. The second-order valence-corrected chi connectivity index (χ2v) is 5.50. The van der Waals surface area contributed by atoms with Crippen molar-refractivity contribution in [2.24, 2.45) is 23.5 Å². The van der Waals surface area contributed by atoms with Gasteiger partial charge in [-0.3, -0.25) is 0 Å². The normalized spacial score (nSPS) is 44.8. The highest BCUT2D eigenvalue weighted by atomic mass is 16.5. The van der Waals surface area contributed by atoms with Gasteiger partial charge in [0.25, 0.3) is 0 Å². The highest BCUT2D eigenvalue weighted by Gasteiger charge is 2.59. The molecule has 0 aromatic carbocycles. The SMILES string of the molecule is NC1(C2CCOCC2)CC1C1CCC1. The predicted octanol–water partition coefficient (Wildman–Crippen LogP) is 1.93. The van der Waals surface area contributed by atoms with Crippen molar-refractivity contribution in [2.45, 2.75) is 44.1 Å². The zero-order valence-corrected chi connectivity index (χ0v) is 8.87. The Bertz CT molecular complexity index is 220. The minimum atomic E-state index is 0.231. The molecule has 0 bridgehead atoms. The summed E-state index contributed by atoms with van der Waals surface area (Å²) in [6.45, 7) is 1.89. The smallest absolute Gasteiger partial charge is 0.0469 e. The first-order valence-electron chi connectivity index (χ1n) is 6.17. The van der Waals surface area contributed by atoms with E-state index >= 15 is 0 Å². The van der Waals surface area contributed by atoms with Gasteiger partial charge in [0.05, 0.1) is 0 Å². The molecular formula is C12H21NO. The zero-order chi connectivity index (χ0) is 9.60. The van der Waals surface area contributed by atoms with E-state index in [2.05, 4.69) is 0 Å². The minimum Gasteiger partial charge on any atom is -0.381 e. The molecule has 80 valence electrons. The second-order valence-electron chi connectivity index (χ2n) is 5.50. The van der Waals surface area contributed by atoms with Crippen LogP contribution < -0.4 is 5.73 Å². The van der Waals surface area contributed by atoms with E-state index in [1.807, 2.05) is 0 Å². The van der Waals surface area contributed by atoms with Gasteiger partial charge in [-0.2, -0.15) is 0 Å². The summed E-state index contributed by atoms with van der Waals surface area (Å²) >= 11 is 0. The van der Waals surface area contributed by atoms with Gasteiger partial charge in [-0.05, 0) is 37.0 Å². The van der Waals surface area contributed by atoms with Gasteiger partial charge in [-0.15, -0.1) is 0 Å². The molecule has 2 N–H and O–H groups in total. The number of ether oxygens (including phenoxy) is 1. The molecule has 2 nitrogen and oxygen atoms in total. The van der Waals surface area contributed by atoms with E-state index in [1.165, 1.54) is 38.5 Å². The first-order valence-corrected chi connectivity index (χ1v) is 6.17. The fraction of sp³-hybridized carbons (Fsp3) is 1.00. The third-order valence-corrected chi connectivity index (χ3v) is 4.80. The predicted molar refractivity (Wildman–Crippen MR) is 55.9 cm³/mol. The summed E-state index contributed by atoms with van der Waals surface area (Å²) in [5, 5.41) is 0. The molecule has 2 saturated carbocycles. The monoisotopic (exact) mass is 195 g/mol. The lowest BCUT2D eigenvalue weighted by Crippen LogP contribution is -2.40. The van der Waals surface area contributed by atoms with Crippen LogP contribution >= 0.6 is 0 Å². The molecule has 14 heavy (non-hydrogen) atoms. The van der Waals surface area contributed by atoms with Gasteiger partial charge in [0.2, 0.25) is 0 Å². The van der Waals surface area contributed by atoms with Gasteiger partial charge in [0, 0.05) is 18.8 Å². The largest absolute Gasteiger partial charge is 0.381 e. The second kappa shape index (κ2) is 3.21. The lowest BCUT2D eigenvalue weighted by molar-refractivity contribution is 0.0498. The molecule has 2 atom stereocenters. The van der Waals surface area contributed by atoms with E-state index in [-0.39, 0.29) is 5.54 Å². The zero-order valence-electron chi connectivity index (χ0n) is 8.87. The van der Waals surface area contributed by atoms with Crippen molar-refractivity contribution < 1.29 is 4.74 Å². The van der Waals surface area contributed by atoms with Gasteiger partial charge >= 0.3 is 0 Å². The molecule has 1 heterocycles. The van der Waals surface area contributed by atoms with E-state index in [0.717, 1.165) is 31.0 Å². The van der Waals surface area contributed by atoms with Crippen molar-refractivity contribution in [2.75, 3.05) is 13.2 Å². The molecule has 0 aromatic rings.